The van der Waals surface area contributed by atoms with Gasteiger partial charge in [0.1, 0.15) is 0 Å². The Morgan fingerprint density at radius 1 is 0.944 bits per heavy atom. The largest absolute Gasteiger partial charge is 0.416 e. The molecule has 0 N–H and O–H groups in total. The monoisotopic (exact) mass is 288 g/mol. The Hall–Kier alpha value is -1.13. The quantitative estimate of drug-likeness (QED) is 0.702. The Balaban J connectivity index is 2.26. The van der Waals surface area contributed by atoms with Gasteiger partial charge in [0.2, 0.25) is 0 Å². The lowest BCUT2D eigenvalue weighted by Gasteiger charge is -2.09. The molecule has 0 aliphatic carbocycles. The number of hydrogen-bond donors (Lipinski definition) is 0. The van der Waals surface area contributed by atoms with Gasteiger partial charge in [-0.05, 0) is 30.3 Å². The van der Waals surface area contributed by atoms with Crippen LogP contribution in [0.5, 0.6) is 0 Å². The van der Waals surface area contributed by atoms with Crippen molar-refractivity contribution in [2.75, 3.05) is 0 Å². The van der Waals surface area contributed by atoms with Crippen LogP contribution in [0, 0.1) is 0 Å². The first-order valence-corrected chi connectivity index (χ1v) is 6.26. The number of benzene rings is 2. The van der Waals surface area contributed by atoms with Gasteiger partial charge in [-0.15, -0.1) is 0 Å². The third kappa shape index (κ3) is 3.21. The van der Waals surface area contributed by atoms with Crippen molar-refractivity contribution in [2.45, 2.75) is 16.0 Å². The summed E-state index contributed by atoms with van der Waals surface area (Å²) in [6, 6.07) is 12.7. The lowest BCUT2D eigenvalue weighted by atomic mass is 10.2. The summed E-state index contributed by atoms with van der Waals surface area (Å²) >= 11 is 7.20. The van der Waals surface area contributed by atoms with E-state index in [1.54, 1.807) is 0 Å². The van der Waals surface area contributed by atoms with Gasteiger partial charge in [-0.2, -0.15) is 13.2 Å². The van der Waals surface area contributed by atoms with E-state index in [2.05, 4.69) is 0 Å². The van der Waals surface area contributed by atoms with Crippen LogP contribution in [0.25, 0.3) is 0 Å². The second-order valence-corrected chi connectivity index (χ2v) is 5.08. The van der Waals surface area contributed by atoms with E-state index in [0.29, 0.717) is 4.90 Å². The highest BCUT2D eigenvalue weighted by Gasteiger charge is 2.30. The van der Waals surface area contributed by atoms with Gasteiger partial charge in [0, 0.05) is 9.79 Å². The fraction of sp³-hybridized carbons (Fsp3) is 0.0769. The van der Waals surface area contributed by atoms with Crippen LogP contribution in [-0.2, 0) is 6.18 Å². The van der Waals surface area contributed by atoms with Gasteiger partial charge < -0.3 is 0 Å². The number of alkyl halides is 3. The van der Waals surface area contributed by atoms with E-state index in [0.717, 1.165) is 17.0 Å². The molecule has 0 bridgehead atoms. The number of hydrogen-bond acceptors (Lipinski definition) is 1. The maximum Gasteiger partial charge on any atom is 0.416 e. The van der Waals surface area contributed by atoms with Crippen LogP contribution in [0.15, 0.2) is 58.3 Å². The van der Waals surface area contributed by atoms with Crippen molar-refractivity contribution in [1.29, 1.82) is 0 Å². The first-order chi connectivity index (χ1) is 8.47. The molecule has 18 heavy (non-hydrogen) atoms. The van der Waals surface area contributed by atoms with Crippen molar-refractivity contribution in [3.8, 4) is 0 Å². The average molecular weight is 289 g/mol. The molecule has 0 atom stereocenters. The van der Waals surface area contributed by atoms with Crippen LogP contribution >= 0.6 is 23.4 Å². The molecule has 0 heterocycles. The van der Waals surface area contributed by atoms with Gasteiger partial charge in [0.15, 0.2) is 0 Å². The van der Waals surface area contributed by atoms with Crippen LogP contribution in [-0.4, -0.2) is 0 Å². The Morgan fingerprint density at radius 2 is 1.61 bits per heavy atom. The summed E-state index contributed by atoms with van der Waals surface area (Å²) in [5, 5.41) is 0.110. The summed E-state index contributed by atoms with van der Waals surface area (Å²) in [5.74, 6) is 0. The summed E-state index contributed by atoms with van der Waals surface area (Å²) in [6.07, 6.45) is -4.36. The fourth-order valence-electron chi connectivity index (χ4n) is 1.38. The van der Waals surface area contributed by atoms with Crippen molar-refractivity contribution in [1.82, 2.24) is 0 Å². The standard InChI is InChI=1S/C13H8ClF3S/c14-11-8-9(13(15,16)17)6-7-12(11)18-10-4-2-1-3-5-10/h1-8H. The van der Waals surface area contributed by atoms with Crippen molar-refractivity contribution < 1.29 is 13.2 Å². The maximum atomic E-state index is 12.5. The van der Waals surface area contributed by atoms with E-state index in [4.69, 9.17) is 11.6 Å². The van der Waals surface area contributed by atoms with E-state index in [1.165, 1.54) is 17.8 Å². The highest BCUT2D eigenvalue weighted by molar-refractivity contribution is 7.99. The number of halogens is 4. The molecule has 0 amide bonds. The first-order valence-electron chi connectivity index (χ1n) is 5.06. The van der Waals surface area contributed by atoms with Crippen LogP contribution in [0.4, 0.5) is 13.2 Å². The van der Waals surface area contributed by atoms with Crippen LogP contribution in [0.2, 0.25) is 5.02 Å². The Kier molecular flexibility index (Phi) is 3.88. The van der Waals surface area contributed by atoms with E-state index in [9.17, 15) is 13.2 Å². The second-order valence-electron chi connectivity index (χ2n) is 3.56. The molecule has 94 valence electrons. The molecule has 0 fully saturated rings. The molecule has 2 aromatic carbocycles. The molecule has 0 unspecified atom stereocenters. The molecule has 0 spiro atoms. The zero-order chi connectivity index (χ0) is 13.2. The average Bonchev–Trinajstić information content (AvgIpc) is 2.32. The van der Waals surface area contributed by atoms with Gasteiger partial charge in [-0.3, -0.25) is 0 Å². The summed E-state index contributed by atoms with van der Waals surface area (Å²) in [7, 11) is 0. The molecular formula is C13H8ClF3S. The molecule has 0 saturated carbocycles. The summed E-state index contributed by atoms with van der Waals surface area (Å²) in [5.41, 5.74) is -0.732. The van der Waals surface area contributed by atoms with Crippen molar-refractivity contribution in [3.63, 3.8) is 0 Å². The third-order valence-corrected chi connectivity index (χ3v) is 3.74. The lowest BCUT2D eigenvalue weighted by Crippen LogP contribution is -2.04. The van der Waals surface area contributed by atoms with Crippen molar-refractivity contribution >= 4 is 23.4 Å². The predicted molar refractivity (Wildman–Crippen MR) is 67.0 cm³/mol. The minimum Gasteiger partial charge on any atom is -0.166 e. The molecule has 0 aliphatic rings. The van der Waals surface area contributed by atoms with E-state index < -0.39 is 11.7 Å². The molecular weight excluding hydrogens is 281 g/mol. The number of rotatable bonds is 2. The molecule has 0 nitrogen and oxygen atoms in total. The molecule has 0 aliphatic heterocycles. The minimum absolute atomic E-state index is 0.110. The molecule has 0 aromatic heterocycles. The van der Waals surface area contributed by atoms with E-state index >= 15 is 0 Å². The highest BCUT2D eigenvalue weighted by atomic mass is 35.5. The maximum absolute atomic E-state index is 12.5. The van der Waals surface area contributed by atoms with Gasteiger partial charge >= 0.3 is 6.18 Å². The summed E-state index contributed by atoms with van der Waals surface area (Å²) < 4.78 is 37.4. The van der Waals surface area contributed by atoms with Crippen molar-refractivity contribution in [3.05, 3.63) is 59.1 Å². The second kappa shape index (κ2) is 5.24. The lowest BCUT2D eigenvalue weighted by molar-refractivity contribution is -0.137. The molecule has 2 rings (SSSR count). The van der Waals surface area contributed by atoms with Crippen LogP contribution < -0.4 is 0 Å². The zero-order valence-electron chi connectivity index (χ0n) is 9.04. The normalized spacial score (nSPS) is 11.6. The summed E-state index contributed by atoms with van der Waals surface area (Å²) in [4.78, 5) is 1.54. The zero-order valence-corrected chi connectivity index (χ0v) is 10.6. The fourth-order valence-corrected chi connectivity index (χ4v) is 2.51. The SMILES string of the molecule is FC(F)(F)c1ccc(Sc2ccccc2)c(Cl)c1. The van der Waals surface area contributed by atoms with Gasteiger partial charge in [-0.25, -0.2) is 0 Å². The van der Waals surface area contributed by atoms with Gasteiger partial charge in [0.25, 0.3) is 0 Å². The van der Waals surface area contributed by atoms with E-state index in [1.807, 2.05) is 30.3 Å². The van der Waals surface area contributed by atoms with Crippen LogP contribution in [0.1, 0.15) is 5.56 Å². The van der Waals surface area contributed by atoms with E-state index in [-0.39, 0.29) is 5.02 Å². The van der Waals surface area contributed by atoms with Gasteiger partial charge in [0.05, 0.1) is 10.6 Å². The Labute approximate surface area is 112 Å². The van der Waals surface area contributed by atoms with Crippen molar-refractivity contribution in [2.24, 2.45) is 0 Å². The minimum atomic E-state index is -4.36. The first kappa shape index (κ1) is 13.3. The van der Waals surface area contributed by atoms with Crippen LogP contribution in [0.3, 0.4) is 0 Å². The molecule has 0 saturated heterocycles. The Morgan fingerprint density at radius 3 is 2.17 bits per heavy atom. The third-order valence-electron chi connectivity index (χ3n) is 2.23. The smallest absolute Gasteiger partial charge is 0.166 e. The predicted octanol–water partition coefficient (Wildman–Crippen LogP) is 5.51. The van der Waals surface area contributed by atoms with Gasteiger partial charge in [-0.1, -0.05) is 41.6 Å². The Bertz CT molecular complexity index is 538. The molecule has 0 radical (unpaired) electrons. The molecule has 5 heteroatoms. The molecule has 2 aromatic rings. The summed E-state index contributed by atoms with van der Waals surface area (Å²) in [6.45, 7) is 0. The highest BCUT2D eigenvalue weighted by Crippen LogP contribution is 2.37. The topological polar surface area (TPSA) is 0 Å².